The highest BCUT2D eigenvalue weighted by molar-refractivity contribution is 5.85. The Kier molecular flexibility index (Phi) is 3.03. The number of phenolic OH excluding ortho intramolecular Hbond substituents is 1. The van der Waals surface area contributed by atoms with E-state index in [2.05, 4.69) is 36.3 Å². The molecule has 3 nitrogen and oxygen atoms in total. The number of hydrogen-bond acceptors (Lipinski definition) is 3. The zero-order chi connectivity index (χ0) is 14.1. The van der Waals surface area contributed by atoms with E-state index in [0.717, 1.165) is 17.0 Å². The van der Waals surface area contributed by atoms with Gasteiger partial charge in [0.05, 0.1) is 5.52 Å². The minimum atomic E-state index is 0.239. The van der Waals surface area contributed by atoms with E-state index >= 15 is 0 Å². The van der Waals surface area contributed by atoms with Gasteiger partial charge >= 0.3 is 0 Å². The second kappa shape index (κ2) is 4.85. The molecule has 0 spiro atoms. The summed E-state index contributed by atoms with van der Waals surface area (Å²) >= 11 is 0. The van der Waals surface area contributed by atoms with E-state index in [1.54, 1.807) is 18.2 Å². The van der Waals surface area contributed by atoms with Crippen molar-refractivity contribution in [2.45, 2.75) is 13.8 Å². The van der Waals surface area contributed by atoms with Gasteiger partial charge < -0.3 is 10.4 Å². The molecule has 0 saturated carbocycles. The number of aromatic hydroxyl groups is 1. The number of anilines is 2. The first-order valence-electron chi connectivity index (χ1n) is 6.56. The van der Waals surface area contributed by atoms with Crippen molar-refractivity contribution in [2.24, 2.45) is 0 Å². The monoisotopic (exact) mass is 264 g/mol. The Bertz CT molecular complexity index is 781. The van der Waals surface area contributed by atoms with Gasteiger partial charge in [-0.15, -0.1) is 0 Å². The van der Waals surface area contributed by atoms with Crippen LogP contribution >= 0.6 is 0 Å². The smallest absolute Gasteiger partial charge is 0.131 e. The van der Waals surface area contributed by atoms with Crippen molar-refractivity contribution in [3.05, 3.63) is 59.7 Å². The van der Waals surface area contributed by atoms with Gasteiger partial charge in [0.2, 0.25) is 0 Å². The maximum absolute atomic E-state index is 9.49. The highest BCUT2D eigenvalue weighted by Gasteiger charge is 2.04. The highest BCUT2D eigenvalue weighted by Crippen LogP contribution is 2.24. The number of aryl methyl sites for hydroxylation is 2. The Labute approximate surface area is 117 Å². The van der Waals surface area contributed by atoms with Crippen LogP contribution in [0.2, 0.25) is 0 Å². The van der Waals surface area contributed by atoms with Crippen molar-refractivity contribution in [3.63, 3.8) is 0 Å². The topological polar surface area (TPSA) is 45.2 Å². The number of pyridine rings is 1. The van der Waals surface area contributed by atoms with Crippen LogP contribution in [0.5, 0.6) is 5.75 Å². The van der Waals surface area contributed by atoms with E-state index in [0.29, 0.717) is 0 Å². The fourth-order valence-electron chi connectivity index (χ4n) is 2.30. The average Bonchev–Trinajstić information content (AvgIpc) is 2.40. The van der Waals surface area contributed by atoms with Gasteiger partial charge in [0, 0.05) is 17.1 Å². The summed E-state index contributed by atoms with van der Waals surface area (Å²) in [6.07, 6.45) is 0. The van der Waals surface area contributed by atoms with Crippen LogP contribution in [-0.4, -0.2) is 10.1 Å². The molecule has 1 heterocycles. The van der Waals surface area contributed by atoms with Crippen molar-refractivity contribution >= 4 is 22.4 Å². The molecule has 2 aromatic carbocycles. The molecular weight excluding hydrogens is 248 g/mol. The molecule has 0 bridgehead atoms. The normalized spacial score (nSPS) is 10.7. The molecule has 0 fully saturated rings. The highest BCUT2D eigenvalue weighted by atomic mass is 16.3. The van der Waals surface area contributed by atoms with Gasteiger partial charge in [-0.05, 0) is 49.7 Å². The van der Waals surface area contributed by atoms with Crippen molar-refractivity contribution in [2.75, 3.05) is 5.32 Å². The first-order chi connectivity index (χ1) is 9.61. The molecule has 3 rings (SSSR count). The maximum atomic E-state index is 9.49. The van der Waals surface area contributed by atoms with Gasteiger partial charge in [-0.1, -0.05) is 17.7 Å². The molecule has 3 aromatic rings. The van der Waals surface area contributed by atoms with Crippen molar-refractivity contribution in [3.8, 4) is 5.75 Å². The summed E-state index contributed by atoms with van der Waals surface area (Å²) in [6, 6.07) is 15.3. The van der Waals surface area contributed by atoms with Crippen LogP contribution < -0.4 is 5.32 Å². The van der Waals surface area contributed by atoms with Crippen LogP contribution in [0.25, 0.3) is 10.9 Å². The van der Waals surface area contributed by atoms with Gasteiger partial charge in [0.15, 0.2) is 0 Å². The fraction of sp³-hybridized carbons (Fsp3) is 0.118. The molecule has 0 aliphatic carbocycles. The summed E-state index contributed by atoms with van der Waals surface area (Å²) in [7, 11) is 0. The first kappa shape index (κ1) is 12.5. The molecule has 0 unspecified atom stereocenters. The van der Waals surface area contributed by atoms with Crippen molar-refractivity contribution in [1.29, 1.82) is 0 Å². The van der Waals surface area contributed by atoms with E-state index < -0.39 is 0 Å². The third-order valence-corrected chi connectivity index (χ3v) is 3.29. The Morgan fingerprint density at radius 1 is 1.00 bits per heavy atom. The van der Waals surface area contributed by atoms with Crippen LogP contribution in [0, 0.1) is 13.8 Å². The van der Waals surface area contributed by atoms with E-state index in [1.807, 2.05) is 18.2 Å². The Morgan fingerprint density at radius 2 is 1.85 bits per heavy atom. The van der Waals surface area contributed by atoms with Crippen LogP contribution in [0.1, 0.15) is 11.1 Å². The standard InChI is InChI=1S/C17H16N2O/c1-11-6-7-16-15(8-11)12(2)9-17(19-16)18-13-4-3-5-14(20)10-13/h3-10,20H,1-2H3,(H,18,19). The minimum Gasteiger partial charge on any atom is -0.508 e. The second-order valence-corrected chi connectivity index (χ2v) is 5.02. The number of nitrogens with one attached hydrogen (secondary N) is 1. The second-order valence-electron chi connectivity index (χ2n) is 5.02. The van der Waals surface area contributed by atoms with Gasteiger partial charge in [0.1, 0.15) is 11.6 Å². The van der Waals surface area contributed by atoms with Crippen molar-refractivity contribution in [1.82, 2.24) is 4.98 Å². The lowest BCUT2D eigenvalue weighted by Gasteiger charge is -2.10. The maximum Gasteiger partial charge on any atom is 0.131 e. The fourth-order valence-corrected chi connectivity index (χ4v) is 2.30. The summed E-state index contributed by atoms with van der Waals surface area (Å²) in [6.45, 7) is 4.16. The molecule has 2 N–H and O–H groups in total. The molecule has 1 aromatic heterocycles. The molecule has 0 amide bonds. The van der Waals surface area contributed by atoms with Gasteiger partial charge in [-0.3, -0.25) is 0 Å². The number of benzene rings is 2. The van der Waals surface area contributed by atoms with Crippen LogP contribution in [0.3, 0.4) is 0 Å². The van der Waals surface area contributed by atoms with E-state index in [4.69, 9.17) is 0 Å². The lowest BCUT2D eigenvalue weighted by Crippen LogP contribution is -1.95. The molecule has 100 valence electrons. The SMILES string of the molecule is Cc1ccc2nc(Nc3cccc(O)c3)cc(C)c2c1. The van der Waals surface area contributed by atoms with Crippen molar-refractivity contribution < 1.29 is 5.11 Å². The van der Waals surface area contributed by atoms with Gasteiger partial charge in [-0.25, -0.2) is 4.98 Å². The molecule has 0 radical (unpaired) electrons. The zero-order valence-corrected chi connectivity index (χ0v) is 11.5. The molecule has 3 heteroatoms. The molecule has 0 aliphatic rings. The van der Waals surface area contributed by atoms with Gasteiger partial charge in [0.25, 0.3) is 0 Å². The number of aromatic nitrogens is 1. The first-order valence-corrected chi connectivity index (χ1v) is 6.56. The Balaban J connectivity index is 2.02. The van der Waals surface area contributed by atoms with E-state index in [9.17, 15) is 5.11 Å². The predicted octanol–water partition coefficient (Wildman–Crippen LogP) is 4.30. The summed E-state index contributed by atoms with van der Waals surface area (Å²) in [5.74, 6) is 1.02. The summed E-state index contributed by atoms with van der Waals surface area (Å²) in [5.41, 5.74) is 4.21. The third-order valence-electron chi connectivity index (χ3n) is 3.29. The summed E-state index contributed by atoms with van der Waals surface area (Å²) in [5, 5.41) is 13.9. The van der Waals surface area contributed by atoms with Gasteiger partial charge in [-0.2, -0.15) is 0 Å². The average molecular weight is 264 g/mol. The third kappa shape index (κ3) is 2.43. The number of fused-ring (bicyclic) bond motifs is 1. The largest absolute Gasteiger partial charge is 0.508 e. The predicted molar refractivity (Wildman–Crippen MR) is 82.6 cm³/mol. The van der Waals surface area contributed by atoms with Crippen LogP contribution in [0.15, 0.2) is 48.5 Å². The molecule has 0 saturated heterocycles. The minimum absolute atomic E-state index is 0.239. The summed E-state index contributed by atoms with van der Waals surface area (Å²) < 4.78 is 0. The van der Waals surface area contributed by atoms with E-state index in [-0.39, 0.29) is 5.75 Å². The van der Waals surface area contributed by atoms with E-state index in [1.165, 1.54) is 16.5 Å². The molecule has 0 atom stereocenters. The lowest BCUT2D eigenvalue weighted by molar-refractivity contribution is 0.475. The van der Waals surface area contributed by atoms with Crippen LogP contribution in [0.4, 0.5) is 11.5 Å². The number of phenols is 1. The van der Waals surface area contributed by atoms with Crippen LogP contribution in [-0.2, 0) is 0 Å². The quantitative estimate of drug-likeness (QED) is 0.725. The molecular formula is C17H16N2O. The number of nitrogens with zero attached hydrogens (tertiary/aromatic N) is 1. The molecule has 0 aliphatic heterocycles. The number of rotatable bonds is 2. The summed E-state index contributed by atoms with van der Waals surface area (Å²) in [4.78, 5) is 4.61. The zero-order valence-electron chi connectivity index (χ0n) is 11.5. The lowest BCUT2D eigenvalue weighted by atomic mass is 10.1. The Morgan fingerprint density at radius 3 is 2.65 bits per heavy atom. The molecule has 20 heavy (non-hydrogen) atoms. The Hall–Kier alpha value is -2.55. The number of hydrogen-bond donors (Lipinski definition) is 2.